The fourth-order valence-corrected chi connectivity index (χ4v) is 5.27. The number of fused-ring (bicyclic) bond motifs is 2. The van der Waals surface area contributed by atoms with Crippen molar-refractivity contribution in [1.82, 2.24) is 5.32 Å². The van der Waals surface area contributed by atoms with Crippen molar-refractivity contribution < 1.29 is 34.0 Å². The molecule has 3 aromatic carbocycles. The number of carboxylic acids is 1. The van der Waals surface area contributed by atoms with Gasteiger partial charge in [0.1, 0.15) is 36.9 Å². The predicted octanol–water partition coefficient (Wildman–Crippen LogP) is 4.78. The van der Waals surface area contributed by atoms with E-state index in [0.29, 0.717) is 35.3 Å². The van der Waals surface area contributed by atoms with Crippen LogP contribution in [-0.2, 0) is 17.8 Å². The molecule has 3 aromatic rings. The number of halogens is 1. The van der Waals surface area contributed by atoms with E-state index >= 15 is 0 Å². The summed E-state index contributed by atoms with van der Waals surface area (Å²) < 4.78 is 23.4. The number of benzene rings is 3. The van der Waals surface area contributed by atoms with Crippen molar-refractivity contribution in [3.63, 3.8) is 0 Å². The number of carboxylic acid groups (broad SMARTS) is 1. The molecule has 2 atom stereocenters. The summed E-state index contributed by atoms with van der Waals surface area (Å²) in [6, 6.07) is 14.9. The summed E-state index contributed by atoms with van der Waals surface area (Å²) in [5, 5.41) is 21.8. The van der Waals surface area contributed by atoms with Gasteiger partial charge in [0.2, 0.25) is 0 Å². The third kappa shape index (κ3) is 5.38. The summed E-state index contributed by atoms with van der Waals surface area (Å²) in [5.74, 6) is 1.53. The van der Waals surface area contributed by atoms with E-state index in [1.807, 2.05) is 18.2 Å². The van der Waals surface area contributed by atoms with Gasteiger partial charge in [-0.1, -0.05) is 35.9 Å². The van der Waals surface area contributed by atoms with E-state index in [4.69, 9.17) is 35.7 Å². The molecular weight excluding hydrogens is 510 g/mol. The molecule has 0 aromatic heterocycles. The van der Waals surface area contributed by atoms with Crippen LogP contribution in [-0.4, -0.2) is 49.2 Å². The van der Waals surface area contributed by atoms with Crippen LogP contribution < -0.4 is 24.3 Å². The van der Waals surface area contributed by atoms with Crippen LogP contribution in [0.1, 0.15) is 35.6 Å². The maximum atomic E-state index is 11.4. The minimum Gasteiger partial charge on any atom is -0.496 e. The second-order valence-electron chi connectivity index (χ2n) is 9.26. The Labute approximate surface area is 226 Å². The number of carbonyl (C=O) groups is 1. The zero-order valence-corrected chi connectivity index (χ0v) is 21.8. The SMILES string of the molecule is COc1cc(O[C@H]2CCc3c(-c4ccc5c(c4)OCCO5)cccc32)c(Cl)cc1CN[C@@H](CCO)C(=O)O. The first kappa shape index (κ1) is 26.2. The van der Waals surface area contributed by atoms with E-state index in [1.54, 1.807) is 19.2 Å². The summed E-state index contributed by atoms with van der Waals surface area (Å²) in [5.41, 5.74) is 5.27. The lowest BCUT2D eigenvalue weighted by Gasteiger charge is -2.20. The molecule has 0 saturated heterocycles. The summed E-state index contributed by atoms with van der Waals surface area (Å²) >= 11 is 6.61. The Bertz CT molecular complexity index is 1330. The van der Waals surface area contributed by atoms with Crippen molar-refractivity contribution in [3.8, 4) is 34.1 Å². The van der Waals surface area contributed by atoms with Crippen molar-refractivity contribution in [3.05, 3.63) is 70.2 Å². The Morgan fingerprint density at radius 1 is 1.13 bits per heavy atom. The van der Waals surface area contributed by atoms with Gasteiger partial charge in [-0.2, -0.15) is 0 Å². The van der Waals surface area contributed by atoms with Crippen LogP contribution in [0.3, 0.4) is 0 Å². The molecule has 200 valence electrons. The second kappa shape index (κ2) is 11.5. The average Bonchev–Trinajstić information content (AvgIpc) is 3.34. The number of aliphatic hydroxyl groups excluding tert-OH is 1. The lowest BCUT2D eigenvalue weighted by Crippen LogP contribution is -2.37. The molecule has 2 aliphatic rings. The highest BCUT2D eigenvalue weighted by atomic mass is 35.5. The van der Waals surface area contributed by atoms with Crippen LogP contribution >= 0.6 is 11.6 Å². The van der Waals surface area contributed by atoms with E-state index in [2.05, 4.69) is 23.5 Å². The maximum Gasteiger partial charge on any atom is 0.320 e. The Morgan fingerprint density at radius 2 is 1.95 bits per heavy atom. The minimum atomic E-state index is -1.03. The van der Waals surface area contributed by atoms with Crippen LogP contribution in [0.5, 0.6) is 23.0 Å². The fraction of sp³-hybridized carbons (Fsp3) is 0.345. The van der Waals surface area contributed by atoms with Gasteiger partial charge in [0.25, 0.3) is 0 Å². The fourth-order valence-electron chi connectivity index (χ4n) is 5.04. The third-order valence-electron chi connectivity index (χ3n) is 6.93. The van der Waals surface area contributed by atoms with E-state index in [0.717, 1.165) is 41.0 Å². The van der Waals surface area contributed by atoms with Gasteiger partial charge in [0.05, 0.1) is 12.1 Å². The van der Waals surface area contributed by atoms with Crippen LogP contribution in [0.25, 0.3) is 11.1 Å². The number of aliphatic carboxylic acids is 1. The van der Waals surface area contributed by atoms with Crippen molar-refractivity contribution >= 4 is 17.6 Å². The predicted molar refractivity (Wildman–Crippen MR) is 143 cm³/mol. The molecule has 5 rings (SSSR count). The van der Waals surface area contributed by atoms with Crippen molar-refractivity contribution in [1.29, 1.82) is 0 Å². The van der Waals surface area contributed by atoms with E-state index < -0.39 is 12.0 Å². The maximum absolute atomic E-state index is 11.4. The smallest absolute Gasteiger partial charge is 0.320 e. The number of rotatable bonds is 10. The van der Waals surface area contributed by atoms with E-state index in [-0.39, 0.29) is 25.7 Å². The van der Waals surface area contributed by atoms with Gasteiger partial charge < -0.3 is 34.5 Å². The van der Waals surface area contributed by atoms with Crippen molar-refractivity contribution in [2.45, 2.75) is 38.0 Å². The number of hydrogen-bond acceptors (Lipinski definition) is 7. The van der Waals surface area contributed by atoms with Crippen molar-refractivity contribution in [2.75, 3.05) is 26.9 Å². The van der Waals surface area contributed by atoms with Crippen LogP contribution in [0.15, 0.2) is 48.5 Å². The Hall–Kier alpha value is -3.46. The number of hydrogen-bond donors (Lipinski definition) is 3. The Balaban J connectivity index is 1.36. The van der Waals surface area contributed by atoms with Crippen LogP contribution in [0.4, 0.5) is 0 Å². The first-order valence-electron chi connectivity index (χ1n) is 12.6. The molecule has 1 heterocycles. The standard InChI is InChI=1S/C29H30ClNO7/c1-35-26-15-27(22(30)13-18(26)16-31-23(9-10-32)29(33)34)38-24-8-6-20-19(3-2-4-21(20)24)17-5-7-25-28(14-17)37-12-11-36-25/h2-5,7,13-15,23-24,31-32H,6,8-12,16H2,1H3,(H,33,34)/t23-,24-/m0/s1. The molecule has 0 bridgehead atoms. The van der Waals surface area contributed by atoms with Crippen LogP contribution in [0.2, 0.25) is 5.02 Å². The molecule has 0 fully saturated rings. The monoisotopic (exact) mass is 539 g/mol. The molecule has 8 nitrogen and oxygen atoms in total. The molecule has 38 heavy (non-hydrogen) atoms. The molecule has 0 unspecified atom stereocenters. The summed E-state index contributed by atoms with van der Waals surface area (Å²) in [6.07, 6.45) is 1.60. The number of aliphatic hydroxyl groups is 1. The highest BCUT2D eigenvalue weighted by Crippen LogP contribution is 2.44. The lowest BCUT2D eigenvalue weighted by molar-refractivity contribution is -0.140. The highest BCUT2D eigenvalue weighted by Gasteiger charge is 2.28. The summed E-state index contributed by atoms with van der Waals surface area (Å²) in [4.78, 5) is 11.4. The topological polar surface area (TPSA) is 106 Å². The van der Waals surface area contributed by atoms with Gasteiger partial charge in [-0.3, -0.25) is 4.79 Å². The Morgan fingerprint density at radius 3 is 2.71 bits per heavy atom. The summed E-state index contributed by atoms with van der Waals surface area (Å²) in [7, 11) is 1.55. The average molecular weight is 540 g/mol. The summed E-state index contributed by atoms with van der Waals surface area (Å²) in [6.45, 7) is 1.09. The molecule has 3 N–H and O–H groups in total. The third-order valence-corrected chi connectivity index (χ3v) is 7.22. The molecular formula is C29H30ClNO7. The molecule has 0 saturated carbocycles. The first-order chi connectivity index (χ1) is 18.5. The minimum absolute atomic E-state index is 0.0991. The molecule has 1 aliphatic carbocycles. The van der Waals surface area contributed by atoms with Crippen LogP contribution in [0, 0.1) is 0 Å². The zero-order chi connectivity index (χ0) is 26.6. The zero-order valence-electron chi connectivity index (χ0n) is 21.0. The highest BCUT2D eigenvalue weighted by molar-refractivity contribution is 6.32. The lowest BCUT2D eigenvalue weighted by atomic mass is 9.96. The largest absolute Gasteiger partial charge is 0.496 e. The van der Waals surface area contributed by atoms with Gasteiger partial charge in [0.15, 0.2) is 11.5 Å². The van der Waals surface area contributed by atoms with Crippen molar-refractivity contribution in [2.24, 2.45) is 0 Å². The number of ether oxygens (including phenoxy) is 4. The van der Waals surface area contributed by atoms with E-state index in [9.17, 15) is 9.90 Å². The van der Waals surface area contributed by atoms with E-state index in [1.165, 1.54) is 5.56 Å². The molecule has 0 amide bonds. The quantitative estimate of drug-likeness (QED) is 0.338. The number of nitrogens with one attached hydrogen (secondary N) is 1. The van der Waals surface area contributed by atoms with Gasteiger partial charge in [-0.05, 0) is 59.7 Å². The molecule has 9 heteroatoms. The molecule has 0 radical (unpaired) electrons. The normalized spacial score (nSPS) is 16.6. The number of methoxy groups -OCH3 is 1. The first-order valence-corrected chi connectivity index (χ1v) is 13.0. The molecule has 1 aliphatic heterocycles. The van der Waals surface area contributed by atoms with Gasteiger partial charge >= 0.3 is 5.97 Å². The van der Waals surface area contributed by atoms with Gasteiger partial charge in [0, 0.05) is 24.8 Å². The van der Waals surface area contributed by atoms with Gasteiger partial charge in [-0.15, -0.1) is 0 Å². The second-order valence-corrected chi connectivity index (χ2v) is 9.66. The molecule has 0 spiro atoms. The Kier molecular flexibility index (Phi) is 7.93. The van der Waals surface area contributed by atoms with Gasteiger partial charge in [-0.25, -0.2) is 0 Å².